The van der Waals surface area contributed by atoms with Crippen molar-refractivity contribution < 1.29 is 19.4 Å². The van der Waals surface area contributed by atoms with Gasteiger partial charge in [0, 0.05) is 6.42 Å². The van der Waals surface area contributed by atoms with E-state index in [1.807, 2.05) is 6.92 Å². The molecule has 0 saturated heterocycles. The van der Waals surface area contributed by atoms with Crippen molar-refractivity contribution in [3.05, 3.63) is 11.6 Å². The monoisotopic (exact) mass is 334 g/mol. The summed E-state index contributed by atoms with van der Waals surface area (Å²) in [5.74, 6) is 0.708. The number of ether oxygens (including phenoxy) is 1. The molecular formula is C20H30O4. The topological polar surface area (TPSA) is 63.6 Å². The number of methoxy groups -OCH3 is 1. The highest BCUT2D eigenvalue weighted by Gasteiger charge is 2.57. The van der Waals surface area contributed by atoms with Crippen LogP contribution in [-0.4, -0.2) is 30.6 Å². The summed E-state index contributed by atoms with van der Waals surface area (Å²) >= 11 is 0. The van der Waals surface area contributed by atoms with Gasteiger partial charge in [-0.25, -0.2) is 0 Å². The van der Waals surface area contributed by atoms with Gasteiger partial charge in [-0.3, -0.25) is 4.79 Å². The van der Waals surface area contributed by atoms with Crippen LogP contribution in [0.4, 0.5) is 0 Å². The second kappa shape index (κ2) is 6.29. The van der Waals surface area contributed by atoms with Gasteiger partial charge in [-0.2, -0.15) is 0 Å². The van der Waals surface area contributed by atoms with Gasteiger partial charge in [-0.05, 0) is 68.6 Å². The number of carbonyl (C=O) groups is 2. The largest absolute Gasteiger partial charge is 0.469 e. The molecule has 0 spiro atoms. The summed E-state index contributed by atoms with van der Waals surface area (Å²) in [6, 6.07) is 0. The molecule has 4 nitrogen and oxygen atoms in total. The maximum atomic E-state index is 12.5. The lowest BCUT2D eigenvalue weighted by Crippen LogP contribution is -2.53. The smallest absolute Gasteiger partial charge is 0.311 e. The first-order chi connectivity index (χ1) is 11.4. The van der Waals surface area contributed by atoms with Crippen molar-refractivity contribution in [3.63, 3.8) is 0 Å². The van der Waals surface area contributed by atoms with Gasteiger partial charge in [-0.1, -0.05) is 18.6 Å². The predicted molar refractivity (Wildman–Crippen MR) is 91.2 cm³/mol. The minimum Gasteiger partial charge on any atom is -0.469 e. The normalized spacial score (nSPS) is 44.8. The number of carbonyl (C=O) groups excluding carboxylic acids is 2. The van der Waals surface area contributed by atoms with Gasteiger partial charge in [0.1, 0.15) is 6.29 Å². The highest BCUT2D eigenvalue weighted by Crippen LogP contribution is 2.61. The van der Waals surface area contributed by atoms with Crippen molar-refractivity contribution >= 4 is 12.3 Å². The van der Waals surface area contributed by atoms with Crippen molar-refractivity contribution in [2.75, 3.05) is 7.11 Å². The minimum absolute atomic E-state index is 0.0441. The van der Waals surface area contributed by atoms with Gasteiger partial charge >= 0.3 is 5.97 Å². The quantitative estimate of drug-likeness (QED) is 0.489. The Hall–Kier alpha value is -1.16. The van der Waals surface area contributed by atoms with Crippen LogP contribution in [0.2, 0.25) is 0 Å². The number of aldehydes is 1. The van der Waals surface area contributed by atoms with Crippen molar-refractivity contribution in [1.82, 2.24) is 0 Å². The molecule has 0 aliphatic heterocycles. The Labute approximate surface area is 144 Å². The van der Waals surface area contributed by atoms with Gasteiger partial charge in [0.05, 0.1) is 18.6 Å². The zero-order valence-electron chi connectivity index (χ0n) is 15.1. The van der Waals surface area contributed by atoms with Gasteiger partial charge in [0.2, 0.25) is 0 Å². The highest BCUT2D eigenvalue weighted by molar-refractivity contribution is 5.77. The first-order valence-electron chi connectivity index (χ1n) is 9.26. The molecule has 6 atom stereocenters. The lowest BCUT2D eigenvalue weighted by Gasteiger charge is -2.57. The summed E-state index contributed by atoms with van der Waals surface area (Å²) in [6.07, 6.45) is 8.81. The van der Waals surface area contributed by atoms with Crippen molar-refractivity contribution in [2.24, 2.45) is 28.6 Å². The number of aliphatic hydroxyl groups excluding tert-OH is 1. The van der Waals surface area contributed by atoms with Crippen LogP contribution in [0.5, 0.6) is 0 Å². The van der Waals surface area contributed by atoms with E-state index in [1.165, 1.54) is 12.7 Å². The van der Waals surface area contributed by atoms with Crippen LogP contribution in [0.1, 0.15) is 58.8 Å². The van der Waals surface area contributed by atoms with Gasteiger partial charge < -0.3 is 14.6 Å². The maximum Gasteiger partial charge on any atom is 0.311 e. The molecule has 1 N–H and O–H groups in total. The summed E-state index contributed by atoms with van der Waals surface area (Å²) in [4.78, 5) is 23.8. The second-order valence-corrected chi connectivity index (χ2v) is 8.51. The van der Waals surface area contributed by atoms with E-state index < -0.39 is 5.41 Å². The Morgan fingerprint density at radius 3 is 2.79 bits per heavy atom. The Morgan fingerprint density at radius 1 is 1.38 bits per heavy atom. The van der Waals surface area contributed by atoms with E-state index in [2.05, 4.69) is 13.0 Å². The Morgan fingerprint density at radius 2 is 2.12 bits per heavy atom. The first kappa shape index (κ1) is 17.7. The summed E-state index contributed by atoms with van der Waals surface area (Å²) < 4.78 is 5.09. The van der Waals surface area contributed by atoms with E-state index in [-0.39, 0.29) is 23.4 Å². The van der Waals surface area contributed by atoms with Gasteiger partial charge in [0.15, 0.2) is 0 Å². The summed E-state index contributed by atoms with van der Waals surface area (Å²) in [5, 5.41) is 10.0. The fourth-order valence-corrected chi connectivity index (χ4v) is 5.99. The van der Waals surface area contributed by atoms with Crippen molar-refractivity contribution in [3.8, 4) is 0 Å². The summed E-state index contributed by atoms with van der Waals surface area (Å²) in [6.45, 7) is 4.32. The number of hydrogen-bond acceptors (Lipinski definition) is 4. The fourth-order valence-electron chi connectivity index (χ4n) is 5.99. The molecule has 0 aromatic heterocycles. The minimum atomic E-state index is -0.563. The molecule has 4 heteroatoms. The van der Waals surface area contributed by atoms with E-state index in [4.69, 9.17) is 4.74 Å². The zero-order valence-corrected chi connectivity index (χ0v) is 15.1. The van der Waals surface area contributed by atoms with Gasteiger partial charge in [-0.15, -0.1) is 0 Å². The molecule has 0 aromatic rings. The molecule has 0 bridgehead atoms. The molecule has 2 saturated carbocycles. The molecule has 0 radical (unpaired) electrons. The molecule has 0 amide bonds. The van der Waals surface area contributed by atoms with E-state index in [0.29, 0.717) is 18.3 Å². The molecule has 2 fully saturated rings. The molecule has 0 heterocycles. The van der Waals surface area contributed by atoms with Crippen LogP contribution in [-0.2, 0) is 14.3 Å². The summed E-state index contributed by atoms with van der Waals surface area (Å²) in [7, 11) is 1.44. The lowest BCUT2D eigenvalue weighted by molar-refractivity contribution is -0.164. The standard InChI is InChI=1S/C20H30O4/c1-19-9-6-14(22)12-13(19)4-5-15-16(19)7-10-20(2,18(23)24-3)17(15)8-11-21/h4,11,14-17,22H,5-10,12H2,1-3H3/t14-,15+,16-,17?,19-,20-/m0/s1. The highest BCUT2D eigenvalue weighted by atomic mass is 16.5. The average Bonchev–Trinajstić information content (AvgIpc) is 2.57. The number of aliphatic hydroxyl groups is 1. The molecule has 24 heavy (non-hydrogen) atoms. The third-order valence-corrected chi connectivity index (χ3v) is 7.47. The average molecular weight is 334 g/mol. The third kappa shape index (κ3) is 2.54. The number of esters is 1. The van der Waals surface area contributed by atoms with E-state index in [1.54, 1.807) is 0 Å². The van der Waals surface area contributed by atoms with Crippen LogP contribution in [0.3, 0.4) is 0 Å². The third-order valence-electron chi connectivity index (χ3n) is 7.47. The second-order valence-electron chi connectivity index (χ2n) is 8.51. The number of hydrogen-bond donors (Lipinski definition) is 1. The van der Waals surface area contributed by atoms with E-state index in [0.717, 1.165) is 44.8 Å². The van der Waals surface area contributed by atoms with Crippen LogP contribution in [0, 0.1) is 28.6 Å². The first-order valence-corrected chi connectivity index (χ1v) is 9.26. The Kier molecular flexibility index (Phi) is 4.63. The van der Waals surface area contributed by atoms with Crippen molar-refractivity contribution in [1.29, 1.82) is 0 Å². The molecular weight excluding hydrogens is 304 g/mol. The fraction of sp³-hybridized carbons (Fsp3) is 0.800. The lowest BCUT2D eigenvalue weighted by atomic mass is 9.47. The van der Waals surface area contributed by atoms with Crippen LogP contribution < -0.4 is 0 Å². The predicted octanol–water partition coefficient (Wildman–Crippen LogP) is 3.28. The molecule has 3 aliphatic rings. The zero-order chi connectivity index (χ0) is 17.5. The SMILES string of the molecule is COC(=O)[C@@]1(C)CC[C@H]2[C@@H](CC=C3C[C@@H](O)CC[C@@]32C)C1CC=O. The van der Waals surface area contributed by atoms with E-state index >= 15 is 0 Å². The van der Waals surface area contributed by atoms with E-state index in [9.17, 15) is 14.7 Å². The number of rotatable bonds is 3. The van der Waals surface area contributed by atoms with Gasteiger partial charge in [0.25, 0.3) is 0 Å². The molecule has 0 aromatic carbocycles. The molecule has 134 valence electrons. The van der Waals surface area contributed by atoms with Crippen LogP contribution in [0.25, 0.3) is 0 Å². The maximum absolute atomic E-state index is 12.5. The molecule has 1 unspecified atom stereocenters. The Balaban J connectivity index is 1.96. The number of fused-ring (bicyclic) bond motifs is 3. The number of allylic oxidation sites excluding steroid dienone is 1. The molecule has 3 aliphatic carbocycles. The van der Waals surface area contributed by atoms with Crippen LogP contribution >= 0.6 is 0 Å². The van der Waals surface area contributed by atoms with Crippen LogP contribution in [0.15, 0.2) is 11.6 Å². The summed E-state index contributed by atoms with van der Waals surface area (Å²) in [5.41, 5.74) is 0.946. The Bertz CT molecular complexity index is 554. The van der Waals surface area contributed by atoms with Crippen molar-refractivity contribution in [2.45, 2.75) is 64.9 Å². The molecule has 3 rings (SSSR count).